The minimum absolute atomic E-state index is 0.0602. The third kappa shape index (κ3) is 8.45. The van der Waals surface area contributed by atoms with Crippen molar-refractivity contribution < 1.29 is 27.5 Å². The molecule has 3 N–H and O–H groups in total. The van der Waals surface area contributed by atoms with E-state index in [-0.39, 0.29) is 41.2 Å². The zero-order valence-electron chi connectivity index (χ0n) is 23.2. The molecule has 1 aliphatic carbocycles. The molecule has 0 radical (unpaired) electrons. The molecule has 1 aliphatic rings. The van der Waals surface area contributed by atoms with E-state index < -0.39 is 16.0 Å². The van der Waals surface area contributed by atoms with E-state index in [1.54, 1.807) is 48.3 Å². The van der Waals surface area contributed by atoms with Crippen molar-refractivity contribution in [2.24, 2.45) is 5.92 Å². The molecule has 8 nitrogen and oxygen atoms in total. The van der Waals surface area contributed by atoms with E-state index in [9.17, 15) is 22.4 Å². The van der Waals surface area contributed by atoms with E-state index >= 15 is 0 Å². The Balaban J connectivity index is 1.30. The highest BCUT2D eigenvalue weighted by Crippen LogP contribution is 2.28. The van der Waals surface area contributed by atoms with Crippen LogP contribution in [0, 0.1) is 11.7 Å². The van der Waals surface area contributed by atoms with Gasteiger partial charge in [0.05, 0.1) is 17.5 Å². The van der Waals surface area contributed by atoms with Crippen molar-refractivity contribution in [1.82, 2.24) is 14.9 Å². The van der Waals surface area contributed by atoms with E-state index in [0.29, 0.717) is 32.2 Å². The number of hydrogen-bond donors (Lipinski definition) is 3. The SMILES string of the molecule is C[C@@H](NC(=O)C1CCC(NS(=O)(=O)c2ccc(-c3cccc(CN(C)CC(=O)O)c3)cc2)CC1)c1ccc(F)cc1. The third-order valence-electron chi connectivity index (χ3n) is 7.43. The minimum atomic E-state index is -3.73. The lowest BCUT2D eigenvalue weighted by Gasteiger charge is -2.29. The molecule has 1 atom stereocenters. The predicted molar refractivity (Wildman–Crippen MR) is 155 cm³/mol. The van der Waals surface area contributed by atoms with Gasteiger partial charge in [-0.1, -0.05) is 42.5 Å². The normalized spacial score (nSPS) is 18.1. The summed E-state index contributed by atoms with van der Waals surface area (Å²) in [5.41, 5.74) is 3.55. The first-order valence-corrected chi connectivity index (χ1v) is 15.2. The van der Waals surface area contributed by atoms with E-state index in [1.807, 2.05) is 31.2 Å². The average Bonchev–Trinajstić information content (AvgIpc) is 2.93. The Morgan fingerprint density at radius 3 is 2.27 bits per heavy atom. The maximum Gasteiger partial charge on any atom is 0.317 e. The van der Waals surface area contributed by atoms with Crippen LogP contribution in [0.4, 0.5) is 4.39 Å². The fourth-order valence-electron chi connectivity index (χ4n) is 5.20. The van der Waals surface area contributed by atoms with Crippen LogP contribution in [-0.2, 0) is 26.2 Å². The highest BCUT2D eigenvalue weighted by Gasteiger charge is 2.29. The Morgan fingerprint density at radius 2 is 1.63 bits per heavy atom. The second kappa shape index (κ2) is 13.4. The number of carboxylic acids is 1. The van der Waals surface area contributed by atoms with Crippen LogP contribution in [0.5, 0.6) is 0 Å². The van der Waals surface area contributed by atoms with Crippen LogP contribution in [0.3, 0.4) is 0 Å². The molecule has 3 aromatic carbocycles. The summed E-state index contributed by atoms with van der Waals surface area (Å²) in [5, 5.41) is 12.0. The van der Waals surface area contributed by atoms with Gasteiger partial charge in [0.15, 0.2) is 0 Å². The van der Waals surface area contributed by atoms with Crippen molar-refractivity contribution in [3.8, 4) is 11.1 Å². The molecule has 1 amide bonds. The second-order valence-electron chi connectivity index (χ2n) is 10.7. The van der Waals surface area contributed by atoms with Gasteiger partial charge < -0.3 is 10.4 Å². The summed E-state index contributed by atoms with van der Waals surface area (Å²) in [6.45, 7) is 2.27. The lowest BCUT2D eigenvalue weighted by Crippen LogP contribution is -2.41. The van der Waals surface area contributed by atoms with E-state index in [2.05, 4.69) is 10.0 Å². The summed E-state index contributed by atoms with van der Waals surface area (Å²) in [6, 6.07) is 19.9. The van der Waals surface area contributed by atoms with Crippen molar-refractivity contribution in [3.63, 3.8) is 0 Å². The Kier molecular flexibility index (Phi) is 9.90. The van der Waals surface area contributed by atoms with Gasteiger partial charge in [-0.2, -0.15) is 0 Å². The molecule has 41 heavy (non-hydrogen) atoms. The molecule has 0 aromatic heterocycles. The van der Waals surface area contributed by atoms with Crippen LogP contribution in [0.1, 0.15) is 49.8 Å². The topological polar surface area (TPSA) is 116 Å². The summed E-state index contributed by atoms with van der Waals surface area (Å²) in [6.07, 6.45) is 2.27. The predicted octanol–water partition coefficient (Wildman–Crippen LogP) is 4.72. The lowest BCUT2D eigenvalue weighted by atomic mass is 9.85. The molecule has 4 rings (SSSR count). The number of nitrogens with zero attached hydrogens (tertiary/aromatic N) is 1. The number of rotatable bonds is 11. The van der Waals surface area contributed by atoms with Crippen LogP contribution in [0.2, 0.25) is 0 Å². The number of sulfonamides is 1. The molecule has 10 heteroatoms. The van der Waals surface area contributed by atoms with E-state index in [1.165, 1.54) is 12.1 Å². The maximum atomic E-state index is 13.2. The highest BCUT2D eigenvalue weighted by molar-refractivity contribution is 7.89. The van der Waals surface area contributed by atoms with Crippen LogP contribution in [-0.4, -0.2) is 49.9 Å². The van der Waals surface area contributed by atoms with Crippen LogP contribution < -0.4 is 10.0 Å². The van der Waals surface area contributed by atoms with Crippen molar-refractivity contribution in [3.05, 3.63) is 89.7 Å². The second-order valence-corrected chi connectivity index (χ2v) is 12.5. The van der Waals surface area contributed by atoms with Crippen LogP contribution in [0.15, 0.2) is 77.7 Å². The fraction of sp³-hybridized carbons (Fsp3) is 0.355. The first-order valence-electron chi connectivity index (χ1n) is 13.7. The molecule has 3 aromatic rings. The first kappa shape index (κ1) is 30.4. The van der Waals surface area contributed by atoms with E-state index in [4.69, 9.17) is 5.11 Å². The highest BCUT2D eigenvalue weighted by atomic mass is 32.2. The number of carbonyl (C=O) groups is 2. The maximum absolute atomic E-state index is 13.2. The number of benzene rings is 3. The Labute approximate surface area is 240 Å². The molecule has 0 heterocycles. The van der Waals surface area contributed by atoms with Gasteiger partial charge in [-0.25, -0.2) is 17.5 Å². The number of carbonyl (C=O) groups excluding carboxylic acids is 1. The van der Waals surface area contributed by atoms with Crippen LogP contribution >= 0.6 is 0 Å². The number of aliphatic carboxylic acids is 1. The molecule has 0 aliphatic heterocycles. The Bertz CT molecular complexity index is 1450. The Morgan fingerprint density at radius 1 is 0.976 bits per heavy atom. The van der Waals surface area contributed by atoms with Crippen molar-refractivity contribution in [1.29, 1.82) is 0 Å². The number of carboxylic acid groups (broad SMARTS) is 1. The average molecular weight is 582 g/mol. The smallest absolute Gasteiger partial charge is 0.317 e. The molecule has 0 bridgehead atoms. The number of amides is 1. The zero-order valence-corrected chi connectivity index (χ0v) is 24.0. The van der Waals surface area contributed by atoms with Crippen molar-refractivity contribution in [2.45, 2.75) is 56.1 Å². The molecule has 0 unspecified atom stereocenters. The van der Waals surface area contributed by atoms with Gasteiger partial charge in [0.2, 0.25) is 15.9 Å². The van der Waals surface area contributed by atoms with Gasteiger partial charge >= 0.3 is 5.97 Å². The third-order valence-corrected chi connectivity index (χ3v) is 8.97. The molecule has 218 valence electrons. The van der Waals surface area contributed by atoms with Crippen molar-refractivity contribution >= 4 is 21.9 Å². The quantitative estimate of drug-likeness (QED) is 0.302. The van der Waals surface area contributed by atoms with Gasteiger partial charge in [-0.15, -0.1) is 0 Å². The molecule has 1 fully saturated rings. The van der Waals surface area contributed by atoms with Crippen molar-refractivity contribution in [2.75, 3.05) is 13.6 Å². The fourth-order valence-corrected chi connectivity index (χ4v) is 6.51. The molecular weight excluding hydrogens is 545 g/mol. The Hall–Kier alpha value is -3.60. The van der Waals surface area contributed by atoms with Gasteiger partial charge in [-0.3, -0.25) is 14.5 Å². The van der Waals surface area contributed by atoms with Gasteiger partial charge in [-0.05, 0) is 92.2 Å². The summed E-state index contributed by atoms with van der Waals surface area (Å²) >= 11 is 0. The molecular formula is C31H36FN3O5S. The zero-order chi connectivity index (χ0) is 29.6. The van der Waals surface area contributed by atoms with E-state index in [0.717, 1.165) is 22.3 Å². The molecule has 0 spiro atoms. The summed E-state index contributed by atoms with van der Waals surface area (Å²) < 4.78 is 42.1. The van der Waals surface area contributed by atoms with Gasteiger partial charge in [0, 0.05) is 18.5 Å². The lowest BCUT2D eigenvalue weighted by molar-refractivity contribution is -0.138. The standard InChI is InChI=1S/C31H36FN3O5S/c1-21(23-6-12-27(32)13-7-23)33-31(38)25-8-14-28(15-9-25)34-41(39,40)29-16-10-24(11-17-29)26-5-3-4-22(18-26)19-35(2)20-30(36)37/h3-7,10-13,16-18,21,25,28,34H,8-9,14-15,19-20H2,1-2H3,(H,33,38)(H,36,37)/t21-,25?,28?/m1/s1. The first-order chi connectivity index (χ1) is 19.5. The summed E-state index contributed by atoms with van der Waals surface area (Å²) in [7, 11) is -1.99. The number of nitrogens with one attached hydrogen (secondary N) is 2. The van der Waals surface area contributed by atoms with Gasteiger partial charge in [0.1, 0.15) is 5.82 Å². The molecule has 0 saturated heterocycles. The molecule has 1 saturated carbocycles. The summed E-state index contributed by atoms with van der Waals surface area (Å²) in [5.74, 6) is -1.48. The monoisotopic (exact) mass is 581 g/mol. The minimum Gasteiger partial charge on any atom is -0.480 e. The largest absolute Gasteiger partial charge is 0.480 e. The van der Waals surface area contributed by atoms with Crippen LogP contribution in [0.25, 0.3) is 11.1 Å². The summed E-state index contributed by atoms with van der Waals surface area (Å²) in [4.78, 5) is 25.6. The number of halogens is 1. The number of likely N-dealkylation sites (N-methyl/N-ethyl adjacent to an activating group) is 1. The van der Waals surface area contributed by atoms with Gasteiger partial charge in [0.25, 0.3) is 0 Å². The number of hydrogen-bond acceptors (Lipinski definition) is 5.